The maximum atomic E-state index is 13.3. The summed E-state index contributed by atoms with van der Waals surface area (Å²) in [6.07, 6.45) is 5.01. The van der Waals surface area contributed by atoms with Gasteiger partial charge in [-0.05, 0) is 43.5 Å². The minimum Gasteiger partial charge on any atom is -0.361 e. The molecule has 0 aliphatic rings. The van der Waals surface area contributed by atoms with Gasteiger partial charge in [0.25, 0.3) is 5.56 Å². The minimum atomic E-state index is -0.493. The summed E-state index contributed by atoms with van der Waals surface area (Å²) in [5, 5.41) is 10.2. The number of nitrogens with zero attached hydrogens (tertiary/aromatic N) is 3. The normalized spacial score (nSPS) is 12.6. The molecule has 5 rings (SSSR count). The lowest BCUT2D eigenvalue weighted by atomic mass is 10.1. The van der Waals surface area contributed by atoms with Crippen LogP contribution in [0, 0.1) is 6.92 Å². The van der Waals surface area contributed by atoms with Crippen molar-refractivity contribution in [3.8, 4) is 0 Å². The van der Waals surface area contributed by atoms with Gasteiger partial charge in [0.1, 0.15) is 11.6 Å². The van der Waals surface area contributed by atoms with E-state index in [1.165, 1.54) is 21.2 Å². The lowest BCUT2D eigenvalue weighted by Crippen LogP contribution is -2.34. The van der Waals surface area contributed by atoms with Gasteiger partial charge in [0, 0.05) is 41.5 Å². The van der Waals surface area contributed by atoms with Crippen LogP contribution in [-0.2, 0) is 18.3 Å². The molecule has 0 fully saturated rings. The van der Waals surface area contributed by atoms with Gasteiger partial charge in [-0.25, -0.2) is 4.68 Å². The summed E-state index contributed by atoms with van der Waals surface area (Å²) in [7, 11) is 1.63. The first-order valence-electron chi connectivity index (χ1n) is 11.3. The highest BCUT2D eigenvalue weighted by Crippen LogP contribution is 2.30. The van der Waals surface area contributed by atoms with Crippen LogP contribution in [0.25, 0.3) is 32.7 Å². The molecule has 0 saturated heterocycles. The second kappa shape index (κ2) is 8.24. The molecule has 7 heteroatoms. The summed E-state index contributed by atoms with van der Waals surface area (Å²) < 4.78 is 3.21. The van der Waals surface area contributed by atoms with Gasteiger partial charge in [-0.3, -0.25) is 9.59 Å². The number of fused-ring (bicyclic) bond motifs is 4. The number of rotatable bonds is 6. The zero-order chi connectivity index (χ0) is 23.1. The van der Waals surface area contributed by atoms with E-state index >= 15 is 0 Å². The molecule has 3 aromatic heterocycles. The molecular weight excluding hydrogens is 414 g/mol. The van der Waals surface area contributed by atoms with Crippen molar-refractivity contribution in [1.29, 1.82) is 0 Å². The first-order chi connectivity index (χ1) is 16.0. The monoisotopic (exact) mass is 441 g/mol. The van der Waals surface area contributed by atoms with E-state index in [2.05, 4.69) is 40.5 Å². The van der Waals surface area contributed by atoms with Crippen LogP contribution in [0.5, 0.6) is 0 Å². The number of hydrogen-bond acceptors (Lipinski definition) is 3. The Morgan fingerprint density at radius 2 is 1.97 bits per heavy atom. The highest BCUT2D eigenvalue weighted by Gasteiger charge is 2.25. The number of aromatic nitrogens is 4. The van der Waals surface area contributed by atoms with Gasteiger partial charge in [-0.1, -0.05) is 36.8 Å². The quantitative estimate of drug-likeness (QED) is 0.418. The Morgan fingerprint density at radius 1 is 1.15 bits per heavy atom. The van der Waals surface area contributed by atoms with E-state index in [1.54, 1.807) is 13.2 Å². The Bertz CT molecular complexity index is 1560. The average molecular weight is 442 g/mol. The summed E-state index contributed by atoms with van der Waals surface area (Å²) in [5.41, 5.74) is 4.67. The number of H-pyrrole nitrogens is 1. The Labute approximate surface area is 191 Å². The number of carbonyl (C=O) groups is 1. The van der Waals surface area contributed by atoms with Gasteiger partial charge in [-0.15, -0.1) is 0 Å². The first kappa shape index (κ1) is 21.0. The molecule has 7 nitrogen and oxygen atoms in total. The molecule has 1 unspecified atom stereocenters. The summed E-state index contributed by atoms with van der Waals surface area (Å²) in [6, 6.07) is 13.6. The van der Waals surface area contributed by atoms with Crippen molar-refractivity contribution in [2.24, 2.45) is 7.05 Å². The number of para-hydroxylation sites is 1. The van der Waals surface area contributed by atoms with E-state index in [-0.39, 0.29) is 11.5 Å². The maximum absolute atomic E-state index is 13.3. The third kappa shape index (κ3) is 3.50. The van der Waals surface area contributed by atoms with Crippen molar-refractivity contribution in [3.63, 3.8) is 0 Å². The zero-order valence-electron chi connectivity index (χ0n) is 19.1. The summed E-state index contributed by atoms with van der Waals surface area (Å²) >= 11 is 0. The molecule has 1 amide bonds. The van der Waals surface area contributed by atoms with Crippen molar-refractivity contribution in [2.75, 3.05) is 6.54 Å². The van der Waals surface area contributed by atoms with Crippen LogP contribution >= 0.6 is 0 Å². The van der Waals surface area contributed by atoms with Crippen molar-refractivity contribution in [1.82, 2.24) is 24.6 Å². The van der Waals surface area contributed by atoms with Crippen LogP contribution < -0.4 is 10.9 Å². The van der Waals surface area contributed by atoms with Gasteiger partial charge in [0.05, 0.1) is 11.7 Å². The smallest absolute Gasteiger partial charge is 0.291 e. The summed E-state index contributed by atoms with van der Waals surface area (Å²) in [4.78, 5) is 29.7. The SMILES string of the molecule is CCC(C(=O)NCCc1c[nH]c2ccc(C)cc12)n1c2ccccc2c2cnn(C)c(=O)c21. The molecule has 0 aliphatic heterocycles. The molecule has 168 valence electrons. The fourth-order valence-corrected chi connectivity index (χ4v) is 4.73. The first-order valence-corrected chi connectivity index (χ1v) is 11.3. The number of aryl methyl sites for hydroxylation is 2. The molecule has 0 bridgehead atoms. The van der Waals surface area contributed by atoms with E-state index in [4.69, 9.17) is 0 Å². The predicted molar refractivity (Wildman–Crippen MR) is 132 cm³/mol. The summed E-state index contributed by atoms with van der Waals surface area (Å²) in [5.74, 6) is -0.0879. The predicted octanol–water partition coefficient (Wildman–Crippen LogP) is 3.99. The Morgan fingerprint density at radius 3 is 2.79 bits per heavy atom. The molecule has 0 aliphatic carbocycles. The van der Waals surface area contributed by atoms with Crippen molar-refractivity contribution in [3.05, 3.63) is 76.3 Å². The van der Waals surface area contributed by atoms with Crippen LogP contribution in [0.4, 0.5) is 0 Å². The van der Waals surface area contributed by atoms with Gasteiger partial charge in [-0.2, -0.15) is 5.10 Å². The van der Waals surface area contributed by atoms with Crippen LogP contribution in [-0.4, -0.2) is 31.8 Å². The number of aromatic amines is 1. The van der Waals surface area contributed by atoms with Gasteiger partial charge in [0.2, 0.25) is 5.91 Å². The minimum absolute atomic E-state index is 0.0879. The number of carbonyl (C=O) groups excluding carboxylic acids is 1. The average Bonchev–Trinajstić information content (AvgIpc) is 3.36. The number of amides is 1. The second-order valence-corrected chi connectivity index (χ2v) is 8.55. The molecule has 0 radical (unpaired) electrons. The Balaban J connectivity index is 1.46. The topological polar surface area (TPSA) is 84.7 Å². The number of nitrogens with one attached hydrogen (secondary N) is 2. The Kier molecular flexibility index (Phi) is 5.24. The van der Waals surface area contributed by atoms with Gasteiger partial charge >= 0.3 is 0 Å². The second-order valence-electron chi connectivity index (χ2n) is 8.55. The highest BCUT2D eigenvalue weighted by molar-refractivity contribution is 6.08. The van der Waals surface area contributed by atoms with Gasteiger partial charge in [0.15, 0.2) is 0 Å². The zero-order valence-corrected chi connectivity index (χ0v) is 19.1. The Hall–Kier alpha value is -3.87. The molecule has 5 aromatic rings. The molecule has 2 N–H and O–H groups in total. The molecule has 33 heavy (non-hydrogen) atoms. The number of benzene rings is 2. The van der Waals surface area contributed by atoms with Crippen LogP contribution in [0.3, 0.4) is 0 Å². The molecule has 3 heterocycles. The molecule has 0 saturated carbocycles. The molecule has 0 spiro atoms. The lowest BCUT2D eigenvalue weighted by molar-refractivity contribution is -0.124. The van der Waals surface area contributed by atoms with Crippen molar-refractivity contribution < 1.29 is 4.79 Å². The van der Waals surface area contributed by atoms with E-state index in [1.807, 2.05) is 42.0 Å². The lowest BCUT2D eigenvalue weighted by Gasteiger charge is -2.19. The van der Waals surface area contributed by atoms with E-state index < -0.39 is 6.04 Å². The third-order valence-corrected chi connectivity index (χ3v) is 6.42. The fraction of sp³-hybridized carbons (Fsp3) is 0.269. The maximum Gasteiger partial charge on any atom is 0.291 e. The van der Waals surface area contributed by atoms with Crippen LogP contribution in [0.1, 0.15) is 30.5 Å². The van der Waals surface area contributed by atoms with Crippen molar-refractivity contribution >= 4 is 38.6 Å². The molecule has 2 aromatic carbocycles. The highest BCUT2D eigenvalue weighted by atomic mass is 16.2. The largest absolute Gasteiger partial charge is 0.361 e. The van der Waals surface area contributed by atoms with Crippen LogP contribution in [0.2, 0.25) is 0 Å². The standard InChI is InChI=1S/C26H27N5O2/c1-4-22(25(32)27-12-11-17-14-28-21-10-9-16(2)13-19(17)21)31-23-8-6-5-7-18(23)20-15-29-30(3)26(33)24(20)31/h5-10,13-15,22,28H,4,11-12H2,1-3H3,(H,27,32). The summed E-state index contributed by atoms with van der Waals surface area (Å²) in [6.45, 7) is 4.57. The number of hydrogen-bond donors (Lipinski definition) is 2. The molecular formula is C26H27N5O2. The van der Waals surface area contributed by atoms with E-state index in [0.717, 1.165) is 28.2 Å². The van der Waals surface area contributed by atoms with E-state index in [9.17, 15) is 9.59 Å². The van der Waals surface area contributed by atoms with Gasteiger partial charge < -0.3 is 14.9 Å². The fourth-order valence-electron chi connectivity index (χ4n) is 4.73. The van der Waals surface area contributed by atoms with Crippen molar-refractivity contribution in [2.45, 2.75) is 32.7 Å². The van der Waals surface area contributed by atoms with E-state index in [0.29, 0.717) is 18.5 Å². The third-order valence-electron chi connectivity index (χ3n) is 6.42. The van der Waals surface area contributed by atoms with Crippen LogP contribution in [0.15, 0.2) is 59.7 Å². The molecule has 1 atom stereocenters.